The quantitative estimate of drug-likeness (QED) is 0.749. The summed E-state index contributed by atoms with van der Waals surface area (Å²) < 4.78 is 10.3. The van der Waals surface area contributed by atoms with Crippen LogP contribution in [0, 0.1) is 0 Å². The van der Waals surface area contributed by atoms with E-state index in [-0.39, 0.29) is 17.8 Å². The van der Waals surface area contributed by atoms with Gasteiger partial charge in [-0.15, -0.1) is 0 Å². The number of ether oxygens (including phenoxy) is 2. The Labute approximate surface area is 138 Å². The minimum Gasteiger partial charge on any atom is -0.504 e. The van der Waals surface area contributed by atoms with Crippen molar-refractivity contribution < 1.29 is 19.4 Å². The Morgan fingerprint density at radius 2 is 1.96 bits per heavy atom. The molecular formula is C17H28N2O4. The molecule has 0 heterocycles. The van der Waals surface area contributed by atoms with Gasteiger partial charge in [0.2, 0.25) is 0 Å². The molecule has 0 aliphatic carbocycles. The van der Waals surface area contributed by atoms with Crippen molar-refractivity contribution in [3.63, 3.8) is 0 Å². The molecule has 0 aromatic heterocycles. The molecule has 130 valence electrons. The SMILES string of the molecule is COc1cc(C(C)NCC(C)NC(=O)OC(C)(C)C)ccc1O. The molecule has 0 aliphatic heterocycles. The monoisotopic (exact) mass is 324 g/mol. The molecule has 0 saturated heterocycles. The van der Waals surface area contributed by atoms with E-state index in [0.29, 0.717) is 12.3 Å². The number of amides is 1. The highest BCUT2D eigenvalue weighted by Gasteiger charge is 2.18. The average molecular weight is 324 g/mol. The molecule has 0 saturated carbocycles. The number of phenolic OH excluding ortho intramolecular Hbond substituents is 1. The summed E-state index contributed by atoms with van der Waals surface area (Å²) in [6.45, 7) is 9.98. The smallest absolute Gasteiger partial charge is 0.407 e. The fourth-order valence-electron chi connectivity index (χ4n) is 1.99. The van der Waals surface area contributed by atoms with Gasteiger partial charge in [0.25, 0.3) is 0 Å². The second kappa shape index (κ2) is 8.06. The maximum absolute atomic E-state index is 11.7. The van der Waals surface area contributed by atoms with Crippen LogP contribution in [0.1, 0.15) is 46.2 Å². The second-order valence-corrected chi connectivity index (χ2v) is 6.61. The van der Waals surface area contributed by atoms with Crippen molar-refractivity contribution in [3.8, 4) is 11.5 Å². The van der Waals surface area contributed by atoms with Crippen LogP contribution in [0.25, 0.3) is 0 Å². The standard InChI is InChI=1S/C17H28N2O4/c1-11(19-16(21)23-17(3,4)5)10-18-12(2)13-7-8-14(20)15(9-13)22-6/h7-9,11-12,18,20H,10H2,1-6H3,(H,19,21). The van der Waals surface area contributed by atoms with E-state index in [1.165, 1.54) is 7.11 Å². The van der Waals surface area contributed by atoms with E-state index in [9.17, 15) is 9.90 Å². The Morgan fingerprint density at radius 3 is 2.52 bits per heavy atom. The van der Waals surface area contributed by atoms with Crippen LogP contribution in [0.5, 0.6) is 11.5 Å². The van der Waals surface area contributed by atoms with Crippen LogP contribution in [0.3, 0.4) is 0 Å². The molecule has 23 heavy (non-hydrogen) atoms. The van der Waals surface area contributed by atoms with Crippen LogP contribution in [-0.2, 0) is 4.74 Å². The lowest BCUT2D eigenvalue weighted by Crippen LogP contribution is -2.43. The molecule has 2 unspecified atom stereocenters. The summed E-state index contributed by atoms with van der Waals surface area (Å²) in [5, 5.41) is 15.7. The summed E-state index contributed by atoms with van der Waals surface area (Å²) in [6.07, 6.45) is -0.425. The number of carbonyl (C=O) groups excluding carboxylic acids is 1. The zero-order valence-corrected chi connectivity index (χ0v) is 14.8. The van der Waals surface area contributed by atoms with E-state index in [1.807, 2.05) is 40.7 Å². The highest BCUT2D eigenvalue weighted by molar-refractivity contribution is 5.68. The summed E-state index contributed by atoms with van der Waals surface area (Å²) in [5.74, 6) is 0.555. The number of hydrogen-bond acceptors (Lipinski definition) is 5. The van der Waals surface area contributed by atoms with Crippen LogP contribution < -0.4 is 15.4 Å². The fraction of sp³-hybridized carbons (Fsp3) is 0.588. The number of aromatic hydroxyl groups is 1. The van der Waals surface area contributed by atoms with Crippen LogP contribution in [-0.4, -0.2) is 36.5 Å². The number of benzene rings is 1. The Bertz CT molecular complexity index is 526. The predicted molar refractivity (Wildman–Crippen MR) is 89.9 cm³/mol. The van der Waals surface area contributed by atoms with Crippen molar-refractivity contribution >= 4 is 6.09 Å². The Morgan fingerprint density at radius 1 is 1.30 bits per heavy atom. The van der Waals surface area contributed by atoms with Crippen molar-refractivity contribution in [2.24, 2.45) is 0 Å². The van der Waals surface area contributed by atoms with Gasteiger partial charge < -0.3 is 25.2 Å². The van der Waals surface area contributed by atoms with Crippen molar-refractivity contribution in [1.82, 2.24) is 10.6 Å². The topological polar surface area (TPSA) is 79.8 Å². The lowest BCUT2D eigenvalue weighted by Gasteiger charge is -2.23. The Hall–Kier alpha value is -1.95. The van der Waals surface area contributed by atoms with Crippen LogP contribution in [0.4, 0.5) is 4.79 Å². The highest BCUT2D eigenvalue weighted by Crippen LogP contribution is 2.28. The molecular weight excluding hydrogens is 296 g/mol. The predicted octanol–water partition coefficient (Wildman–Crippen LogP) is 2.96. The summed E-state index contributed by atoms with van der Waals surface area (Å²) >= 11 is 0. The van der Waals surface area contributed by atoms with Crippen LogP contribution in [0.2, 0.25) is 0 Å². The van der Waals surface area contributed by atoms with Gasteiger partial charge in [-0.05, 0) is 52.3 Å². The molecule has 0 aliphatic rings. The Kier molecular flexibility index (Phi) is 6.69. The molecule has 0 spiro atoms. The highest BCUT2D eigenvalue weighted by atomic mass is 16.6. The number of phenols is 1. The van der Waals surface area contributed by atoms with Gasteiger partial charge >= 0.3 is 6.09 Å². The third kappa shape index (κ3) is 6.78. The van der Waals surface area contributed by atoms with Gasteiger partial charge in [-0.3, -0.25) is 0 Å². The molecule has 0 radical (unpaired) electrons. The van der Waals surface area contributed by atoms with E-state index in [4.69, 9.17) is 9.47 Å². The molecule has 1 amide bonds. The van der Waals surface area contributed by atoms with Crippen molar-refractivity contribution in [2.75, 3.05) is 13.7 Å². The number of nitrogens with one attached hydrogen (secondary N) is 2. The van der Waals surface area contributed by atoms with Gasteiger partial charge in [0.05, 0.1) is 7.11 Å². The lowest BCUT2D eigenvalue weighted by molar-refractivity contribution is 0.0507. The molecule has 1 rings (SSSR count). The summed E-state index contributed by atoms with van der Waals surface area (Å²) in [7, 11) is 1.52. The Balaban J connectivity index is 2.49. The minimum absolute atomic E-state index is 0.0485. The first-order chi connectivity index (χ1) is 10.6. The van der Waals surface area contributed by atoms with Gasteiger partial charge in [0.15, 0.2) is 11.5 Å². The van der Waals surface area contributed by atoms with E-state index >= 15 is 0 Å². The number of alkyl carbamates (subject to hydrolysis) is 1. The van der Waals surface area contributed by atoms with E-state index in [0.717, 1.165) is 5.56 Å². The first-order valence-electron chi connectivity index (χ1n) is 7.72. The first-order valence-corrected chi connectivity index (χ1v) is 7.72. The number of carbonyl (C=O) groups is 1. The summed E-state index contributed by atoms with van der Waals surface area (Å²) in [6, 6.07) is 5.20. The van der Waals surface area contributed by atoms with Crippen LogP contribution >= 0.6 is 0 Å². The van der Waals surface area contributed by atoms with Gasteiger partial charge in [-0.2, -0.15) is 0 Å². The zero-order chi connectivity index (χ0) is 17.6. The van der Waals surface area contributed by atoms with Gasteiger partial charge in [-0.25, -0.2) is 4.79 Å². The van der Waals surface area contributed by atoms with Gasteiger partial charge in [0, 0.05) is 18.6 Å². The minimum atomic E-state index is -0.507. The zero-order valence-electron chi connectivity index (χ0n) is 14.8. The van der Waals surface area contributed by atoms with E-state index < -0.39 is 11.7 Å². The maximum Gasteiger partial charge on any atom is 0.407 e. The third-order valence-corrected chi connectivity index (χ3v) is 3.20. The third-order valence-electron chi connectivity index (χ3n) is 3.20. The van der Waals surface area contributed by atoms with Crippen molar-refractivity contribution in [2.45, 2.75) is 52.3 Å². The lowest BCUT2D eigenvalue weighted by atomic mass is 10.1. The normalized spacial score (nSPS) is 14.0. The molecule has 2 atom stereocenters. The molecule has 1 aromatic carbocycles. The molecule has 6 nitrogen and oxygen atoms in total. The van der Waals surface area contributed by atoms with Crippen molar-refractivity contribution in [1.29, 1.82) is 0 Å². The fourth-order valence-corrected chi connectivity index (χ4v) is 1.99. The first kappa shape index (κ1) is 19.1. The molecule has 3 N–H and O–H groups in total. The number of rotatable bonds is 6. The molecule has 0 bridgehead atoms. The summed E-state index contributed by atoms with van der Waals surface area (Å²) in [4.78, 5) is 11.7. The van der Waals surface area contributed by atoms with Crippen molar-refractivity contribution in [3.05, 3.63) is 23.8 Å². The van der Waals surface area contributed by atoms with E-state index in [2.05, 4.69) is 10.6 Å². The second-order valence-electron chi connectivity index (χ2n) is 6.61. The maximum atomic E-state index is 11.7. The molecule has 0 fully saturated rings. The van der Waals surface area contributed by atoms with Gasteiger partial charge in [0.1, 0.15) is 5.60 Å². The van der Waals surface area contributed by atoms with E-state index in [1.54, 1.807) is 12.1 Å². The summed E-state index contributed by atoms with van der Waals surface area (Å²) in [5.41, 5.74) is 0.483. The van der Waals surface area contributed by atoms with Crippen LogP contribution in [0.15, 0.2) is 18.2 Å². The number of methoxy groups -OCH3 is 1. The van der Waals surface area contributed by atoms with Gasteiger partial charge in [-0.1, -0.05) is 6.07 Å². The average Bonchev–Trinajstić information content (AvgIpc) is 2.43. The largest absolute Gasteiger partial charge is 0.504 e. The molecule has 6 heteroatoms. The number of hydrogen-bond donors (Lipinski definition) is 3. The molecule has 1 aromatic rings.